The minimum atomic E-state index is -4.39. The molecule has 17 heavy (non-hydrogen) atoms. The molecule has 1 aliphatic rings. The van der Waals surface area contributed by atoms with E-state index in [2.05, 4.69) is 0 Å². The lowest BCUT2D eigenvalue weighted by Gasteiger charge is -2.39. The molecule has 1 aromatic carbocycles. The average Bonchev–Trinajstić information content (AvgIpc) is 2.14. The number of carbonyl (C=O) groups is 1. The number of nitrogens with two attached hydrogens (primary N) is 1. The van der Waals surface area contributed by atoms with Gasteiger partial charge in [0.05, 0.1) is 11.0 Å². The van der Waals surface area contributed by atoms with Crippen molar-refractivity contribution in [3.05, 3.63) is 35.4 Å². The lowest BCUT2D eigenvalue weighted by molar-refractivity contribution is -0.138. The van der Waals surface area contributed by atoms with Gasteiger partial charge in [0, 0.05) is 0 Å². The zero-order chi connectivity index (χ0) is 12.7. The van der Waals surface area contributed by atoms with E-state index in [1.54, 1.807) is 6.07 Å². The van der Waals surface area contributed by atoms with E-state index in [1.807, 2.05) is 0 Å². The molecule has 1 aromatic rings. The Bertz CT molecular complexity index is 449. The van der Waals surface area contributed by atoms with E-state index < -0.39 is 23.1 Å². The number of primary amides is 1. The van der Waals surface area contributed by atoms with Crippen molar-refractivity contribution in [3.8, 4) is 0 Å². The first-order valence-electron chi connectivity index (χ1n) is 5.34. The average molecular weight is 243 g/mol. The molecular weight excluding hydrogens is 231 g/mol. The highest BCUT2D eigenvalue weighted by Gasteiger charge is 2.45. The second kappa shape index (κ2) is 3.75. The maximum absolute atomic E-state index is 12.6. The molecule has 0 spiro atoms. The third-order valence-corrected chi connectivity index (χ3v) is 3.42. The molecule has 92 valence electrons. The number of alkyl halides is 3. The Morgan fingerprint density at radius 2 is 1.94 bits per heavy atom. The van der Waals surface area contributed by atoms with Crippen LogP contribution in [0.15, 0.2) is 24.3 Å². The standard InChI is InChI=1S/C12H12F3NO/c13-12(14,15)9-4-1-3-8(7-9)11(10(16)17)5-2-6-11/h1,3-4,7H,2,5-6H2,(H2,16,17). The van der Waals surface area contributed by atoms with Gasteiger partial charge in [0.2, 0.25) is 5.91 Å². The van der Waals surface area contributed by atoms with Crippen molar-refractivity contribution in [2.24, 2.45) is 5.73 Å². The summed E-state index contributed by atoms with van der Waals surface area (Å²) in [4.78, 5) is 11.4. The second-order valence-corrected chi connectivity index (χ2v) is 4.38. The van der Waals surface area contributed by atoms with Gasteiger partial charge >= 0.3 is 6.18 Å². The molecule has 5 heteroatoms. The Kier molecular flexibility index (Phi) is 2.64. The van der Waals surface area contributed by atoms with Gasteiger partial charge in [-0.05, 0) is 24.5 Å². The second-order valence-electron chi connectivity index (χ2n) is 4.38. The van der Waals surface area contributed by atoms with Gasteiger partial charge in [-0.2, -0.15) is 13.2 Å². The van der Waals surface area contributed by atoms with Gasteiger partial charge in [0.15, 0.2) is 0 Å². The van der Waals surface area contributed by atoms with Crippen LogP contribution in [0.25, 0.3) is 0 Å². The summed E-state index contributed by atoms with van der Waals surface area (Å²) in [5.41, 5.74) is 4.06. The van der Waals surface area contributed by atoms with E-state index >= 15 is 0 Å². The molecule has 1 saturated carbocycles. The zero-order valence-electron chi connectivity index (χ0n) is 9.05. The van der Waals surface area contributed by atoms with Crippen molar-refractivity contribution in [1.82, 2.24) is 0 Å². The third kappa shape index (κ3) is 1.90. The molecule has 0 saturated heterocycles. The minimum absolute atomic E-state index is 0.381. The molecule has 1 amide bonds. The Morgan fingerprint density at radius 1 is 1.29 bits per heavy atom. The van der Waals surface area contributed by atoms with Crippen LogP contribution in [-0.4, -0.2) is 5.91 Å². The quantitative estimate of drug-likeness (QED) is 0.852. The monoisotopic (exact) mass is 243 g/mol. The summed E-state index contributed by atoms with van der Waals surface area (Å²) in [6.07, 6.45) is -2.51. The van der Waals surface area contributed by atoms with Crippen LogP contribution in [-0.2, 0) is 16.4 Å². The fraction of sp³-hybridized carbons (Fsp3) is 0.417. The van der Waals surface area contributed by atoms with Crippen LogP contribution in [0.4, 0.5) is 13.2 Å². The van der Waals surface area contributed by atoms with E-state index in [1.165, 1.54) is 6.07 Å². The fourth-order valence-electron chi connectivity index (χ4n) is 2.20. The van der Waals surface area contributed by atoms with Crippen LogP contribution in [0.3, 0.4) is 0 Å². The molecule has 1 fully saturated rings. The van der Waals surface area contributed by atoms with Crippen LogP contribution < -0.4 is 5.73 Å². The van der Waals surface area contributed by atoms with Gasteiger partial charge in [0.25, 0.3) is 0 Å². The molecule has 1 aliphatic carbocycles. The number of amides is 1. The van der Waals surface area contributed by atoms with Crippen molar-refractivity contribution < 1.29 is 18.0 Å². The van der Waals surface area contributed by atoms with Gasteiger partial charge in [-0.1, -0.05) is 24.6 Å². The fourth-order valence-corrected chi connectivity index (χ4v) is 2.20. The molecule has 0 atom stereocenters. The first kappa shape index (κ1) is 12.0. The Labute approximate surface area is 96.6 Å². The van der Waals surface area contributed by atoms with Crippen LogP contribution in [0.2, 0.25) is 0 Å². The lowest BCUT2D eigenvalue weighted by atomic mass is 9.64. The van der Waals surface area contributed by atoms with E-state index in [0.717, 1.165) is 18.6 Å². The van der Waals surface area contributed by atoms with Gasteiger partial charge in [-0.3, -0.25) is 4.79 Å². The highest BCUT2D eigenvalue weighted by atomic mass is 19.4. The molecule has 0 unspecified atom stereocenters. The van der Waals surface area contributed by atoms with E-state index in [9.17, 15) is 18.0 Å². The summed E-state index contributed by atoms with van der Waals surface area (Å²) in [5, 5.41) is 0. The topological polar surface area (TPSA) is 43.1 Å². The van der Waals surface area contributed by atoms with Crippen molar-refractivity contribution in [1.29, 1.82) is 0 Å². The number of hydrogen-bond donors (Lipinski definition) is 1. The first-order chi connectivity index (χ1) is 7.86. The van der Waals surface area contributed by atoms with E-state index in [4.69, 9.17) is 5.73 Å². The number of carbonyl (C=O) groups excluding carboxylic acids is 1. The summed E-state index contributed by atoms with van der Waals surface area (Å²) < 4.78 is 37.7. The number of halogens is 3. The minimum Gasteiger partial charge on any atom is -0.369 e. The predicted molar refractivity (Wildman–Crippen MR) is 56.2 cm³/mol. The maximum Gasteiger partial charge on any atom is 0.416 e. The van der Waals surface area contributed by atoms with Crippen LogP contribution >= 0.6 is 0 Å². The molecule has 0 heterocycles. The molecule has 2 rings (SSSR count). The molecule has 0 radical (unpaired) electrons. The molecule has 2 nitrogen and oxygen atoms in total. The molecule has 0 aliphatic heterocycles. The van der Waals surface area contributed by atoms with Crippen molar-refractivity contribution in [3.63, 3.8) is 0 Å². The maximum atomic E-state index is 12.6. The van der Waals surface area contributed by atoms with Crippen molar-refractivity contribution >= 4 is 5.91 Å². The zero-order valence-corrected chi connectivity index (χ0v) is 9.05. The predicted octanol–water partition coefficient (Wildman–Crippen LogP) is 2.61. The van der Waals surface area contributed by atoms with Crippen LogP contribution in [0.1, 0.15) is 30.4 Å². The number of benzene rings is 1. The molecule has 0 bridgehead atoms. The van der Waals surface area contributed by atoms with Crippen molar-refractivity contribution in [2.75, 3.05) is 0 Å². The highest BCUT2D eigenvalue weighted by Crippen LogP contribution is 2.44. The lowest BCUT2D eigenvalue weighted by Crippen LogP contribution is -2.46. The largest absolute Gasteiger partial charge is 0.416 e. The number of hydrogen-bond acceptors (Lipinski definition) is 1. The molecule has 0 aromatic heterocycles. The summed E-state index contributed by atoms with van der Waals surface area (Å²) >= 11 is 0. The number of rotatable bonds is 2. The summed E-state index contributed by atoms with van der Waals surface area (Å²) in [5.74, 6) is -0.539. The van der Waals surface area contributed by atoms with Gasteiger partial charge in [-0.25, -0.2) is 0 Å². The van der Waals surface area contributed by atoms with Gasteiger partial charge in [-0.15, -0.1) is 0 Å². The smallest absolute Gasteiger partial charge is 0.369 e. The Hall–Kier alpha value is -1.52. The SMILES string of the molecule is NC(=O)C1(c2cccc(C(F)(F)F)c2)CCC1. The first-order valence-corrected chi connectivity index (χ1v) is 5.34. The highest BCUT2D eigenvalue weighted by molar-refractivity contribution is 5.87. The Balaban J connectivity index is 2.43. The normalized spacial score (nSPS) is 18.5. The summed E-state index contributed by atoms with van der Waals surface area (Å²) in [7, 11) is 0. The Morgan fingerprint density at radius 3 is 2.35 bits per heavy atom. The van der Waals surface area contributed by atoms with E-state index in [0.29, 0.717) is 18.4 Å². The van der Waals surface area contributed by atoms with E-state index in [-0.39, 0.29) is 0 Å². The van der Waals surface area contributed by atoms with Crippen LogP contribution in [0.5, 0.6) is 0 Å². The third-order valence-electron chi connectivity index (χ3n) is 3.42. The van der Waals surface area contributed by atoms with Gasteiger partial charge < -0.3 is 5.73 Å². The molecule has 2 N–H and O–H groups in total. The summed E-state index contributed by atoms with van der Waals surface area (Å²) in [6, 6.07) is 4.89. The van der Waals surface area contributed by atoms with Gasteiger partial charge in [0.1, 0.15) is 0 Å². The van der Waals surface area contributed by atoms with Crippen LogP contribution in [0, 0.1) is 0 Å². The molecular formula is C12H12F3NO. The summed E-state index contributed by atoms with van der Waals surface area (Å²) in [6.45, 7) is 0. The van der Waals surface area contributed by atoms with Crippen molar-refractivity contribution in [2.45, 2.75) is 30.9 Å².